The van der Waals surface area contributed by atoms with Gasteiger partial charge in [-0.1, -0.05) is 23.7 Å². The van der Waals surface area contributed by atoms with Gasteiger partial charge in [0, 0.05) is 6.54 Å². The van der Waals surface area contributed by atoms with E-state index in [4.69, 9.17) is 22.1 Å². The SMILES string of the molecule is NCc1ccc(Oc2cccc(Cl)c2F)c(F)c1. The van der Waals surface area contributed by atoms with E-state index in [0.29, 0.717) is 5.56 Å². The molecule has 0 aromatic heterocycles. The molecule has 18 heavy (non-hydrogen) atoms. The highest BCUT2D eigenvalue weighted by Crippen LogP contribution is 2.30. The largest absolute Gasteiger partial charge is 0.451 e. The number of nitrogens with two attached hydrogens (primary N) is 1. The van der Waals surface area contributed by atoms with Crippen molar-refractivity contribution < 1.29 is 13.5 Å². The van der Waals surface area contributed by atoms with E-state index >= 15 is 0 Å². The Morgan fingerprint density at radius 2 is 1.89 bits per heavy atom. The van der Waals surface area contributed by atoms with Crippen molar-refractivity contribution in [3.05, 3.63) is 58.6 Å². The van der Waals surface area contributed by atoms with Gasteiger partial charge in [-0.3, -0.25) is 0 Å². The third kappa shape index (κ3) is 2.60. The fourth-order valence-corrected chi connectivity index (χ4v) is 1.60. The standard InChI is InChI=1S/C13H10ClF2NO/c14-9-2-1-3-12(13(9)16)18-11-5-4-8(7-17)6-10(11)15/h1-6H,7,17H2. The summed E-state index contributed by atoms with van der Waals surface area (Å²) in [7, 11) is 0. The van der Waals surface area contributed by atoms with Gasteiger partial charge in [-0.15, -0.1) is 0 Å². The average molecular weight is 270 g/mol. The van der Waals surface area contributed by atoms with Crippen molar-refractivity contribution in [3.63, 3.8) is 0 Å². The first-order chi connectivity index (χ1) is 8.61. The van der Waals surface area contributed by atoms with Crippen molar-refractivity contribution >= 4 is 11.6 Å². The summed E-state index contributed by atoms with van der Waals surface area (Å²) in [6, 6.07) is 8.54. The summed E-state index contributed by atoms with van der Waals surface area (Å²) in [5.41, 5.74) is 6.01. The topological polar surface area (TPSA) is 35.2 Å². The molecule has 0 atom stereocenters. The number of benzene rings is 2. The highest BCUT2D eigenvalue weighted by atomic mass is 35.5. The van der Waals surface area contributed by atoms with E-state index in [1.165, 1.54) is 30.3 Å². The van der Waals surface area contributed by atoms with Gasteiger partial charge in [-0.25, -0.2) is 8.78 Å². The highest BCUT2D eigenvalue weighted by molar-refractivity contribution is 6.30. The minimum Gasteiger partial charge on any atom is -0.451 e. The normalized spacial score (nSPS) is 10.4. The summed E-state index contributed by atoms with van der Waals surface area (Å²) in [6.07, 6.45) is 0. The predicted molar refractivity (Wildman–Crippen MR) is 65.8 cm³/mol. The second kappa shape index (κ2) is 5.33. The molecule has 5 heteroatoms. The maximum atomic E-state index is 13.6. The second-order valence-corrected chi connectivity index (χ2v) is 4.03. The highest BCUT2D eigenvalue weighted by Gasteiger charge is 2.11. The van der Waals surface area contributed by atoms with Gasteiger partial charge in [-0.05, 0) is 29.8 Å². The molecule has 2 rings (SSSR count). The van der Waals surface area contributed by atoms with Gasteiger partial charge in [0.25, 0.3) is 0 Å². The van der Waals surface area contributed by atoms with Gasteiger partial charge in [-0.2, -0.15) is 0 Å². The van der Waals surface area contributed by atoms with Crippen LogP contribution < -0.4 is 10.5 Å². The van der Waals surface area contributed by atoms with Gasteiger partial charge in [0.15, 0.2) is 23.1 Å². The minimum absolute atomic E-state index is 0.0756. The molecule has 0 saturated heterocycles. The number of ether oxygens (including phenoxy) is 1. The molecule has 0 fully saturated rings. The first-order valence-electron chi connectivity index (χ1n) is 5.22. The fraction of sp³-hybridized carbons (Fsp3) is 0.0769. The monoisotopic (exact) mass is 269 g/mol. The zero-order valence-corrected chi connectivity index (χ0v) is 10.0. The maximum Gasteiger partial charge on any atom is 0.184 e. The molecule has 94 valence electrons. The maximum absolute atomic E-state index is 13.6. The molecule has 0 spiro atoms. The summed E-state index contributed by atoms with van der Waals surface area (Å²) < 4.78 is 32.3. The third-order valence-corrected chi connectivity index (χ3v) is 2.66. The lowest BCUT2D eigenvalue weighted by Gasteiger charge is -2.09. The Labute approximate surface area is 108 Å². The Morgan fingerprint density at radius 3 is 2.56 bits per heavy atom. The lowest BCUT2D eigenvalue weighted by Crippen LogP contribution is -1.98. The van der Waals surface area contributed by atoms with Gasteiger partial charge < -0.3 is 10.5 Å². The van der Waals surface area contributed by atoms with Crippen molar-refractivity contribution in [2.75, 3.05) is 0 Å². The van der Waals surface area contributed by atoms with Crippen LogP contribution in [0.25, 0.3) is 0 Å². The summed E-state index contributed by atoms with van der Waals surface area (Å²) in [5.74, 6) is -1.52. The quantitative estimate of drug-likeness (QED) is 0.918. The third-order valence-electron chi connectivity index (χ3n) is 2.37. The molecule has 0 amide bonds. The molecule has 0 aliphatic carbocycles. The number of rotatable bonds is 3. The van der Waals surface area contributed by atoms with Crippen molar-refractivity contribution in [2.45, 2.75) is 6.54 Å². The molecular formula is C13H10ClF2NO. The van der Waals surface area contributed by atoms with Crippen LogP contribution in [0.15, 0.2) is 36.4 Å². The summed E-state index contributed by atoms with van der Waals surface area (Å²) in [4.78, 5) is 0. The zero-order chi connectivity index (χ0) is 13.1. The Kier molecular flexibility index (Phi) is 3.79. The van der Waals surface area contributed by atoms with Gasteiger partial charge in [0.05, 0.1) is 5.02 Å². The lowest BCUT2D eigenvalue weighted by molar-refractivity contribution is 0.414. The number of hydrogen-bond acceptors (Lipinski definition) is 2. The minimum atomic E-state index is -0.721. The van der Waals surface area contributed by atoms with Gasteiger partial charge >= 0.3 is 0 Å². The molecule has 0 heterocycles. The van der Waals surface area contributed by atoms with Crippen LogP contribution in [0.4, 0.5) is 8.78 Å². The average Bonchev–Trinajstić information content (AvgIpc) is 2.37. The van der Waals surface area contributed by atoms with Crippen molar-refractivity contribution in [3.8, 4) is 11.5 Å². The summed E-state index contributed by atoms with van der Waals surface area (Å²) >= 11 is 5.60. The van der Waals surface area contributed by atoms with Crippen molar-refractivity contribution in [1.82, 2.24) is 0 Å². The van der Waals surface area contributed by atoms with E-state index < -0.39 is 11.6 Å². The van der Waals surface area contributed by atoms with E-state index in [0.717, 1.165) is 0 Å². The zero-order valence-electron chi connectivity index (χ0n) is 9.29. The molecule has 0 saturated carbocycles. The van der Waals surface area contributed by atoms with Crippen LogP contribution in [0.1, 0.15) is 5.56 Å². The lowest BCUT2D eigenvalue weighted by atomic mass is 10.2. The van der Waals surface area contributed by atoms with E-state index in [1.807, 2.05) is 0 Å². The van der Waals surface area contributed by atoms with E-state index in [9.17, 15) is 8.78 Å². The van der Waals surface area contributed by atoms with Crippen LogP contribution in [0.5, 0.6) is 11.5 Å². The summed E-state index contributed by atoms with van der Waals surface area (Å²) in [6.45, 7) is 0.225. The Balaban J connectivity index is 2.31. The molecule has 0 radical (unpaired) electrons. The van der Waals surface area contributed by atoms with E-state index in [2.05, 4.69) is 0 Å². The molecule has 0 aliphatic rings. The van der Waals surface area contributed by atoms with Gasteiger partial charge in [0.1, 0.15) is 0 Å². The second-order valence-electron chi connectivity index (χ2n) is 3.62. The molecule has 2 aromatic rings. The molecular weight excluding hydrogens is 260 g/mol. The first kappa shape index (κ1) is 12.8. The van der Waals surface area contributed by atoms with Crippen LogP contribution in [0.3, 0.4) is 0 Å². The summed E-state index contributed by atoms with van der Waals surface area (Å²) in [5, 5.41) is -0.0773. The Morgan fingerprint density at radius 1 is 1.11 bits per heavy atom. The van der Waals surface area contributed by atoms with Crippen LogP contribution >= 0.6 is 11.6 Å². The molecule has 2 N–H and O–H groups in total. The van der Waals surface area contributed by atoms with Crippen LogP contribution in [0, 0.1) is 11.6 Å². The van der Waals surface area contributed by atoms with E-state index in [1.54, 1.807) is 6.07 Å². The number of hydrogen-bond donors (Lipinski definition) is 1. The van der Waals surface area contributed by atoms with E-state index in [-0.39, 0.29) is 23.1 Å². The smallest absolute Gasteiger partial charge is 0.184 e. The predicted octanol–water partition coefficient (Wildman–Crippen LogP) is 3.87. The van der Waals surface area contributed by atoms with Crippen molar-refractivity contribution in [2.24, 2.45) is 5.73 Å². The van der Waals surface area contributed by atoms with Crippen LogP contribution in [-0.2, 0) is 6.54 Å². The molecule has 0 unspecified atom stereocenters. The Bertz CT molecular complexity index is 575. The van der Waals surface area contributed by atoms with Crippen LogP contribution in [-0.4, -0.2) is 0 Å². The first-order valence-corrected chi connectivity index (χ1v) is 5.60. The molecule has 2 nitrogen and oxygen atoms in total. The molecule has 0 aliphatic heterocycles. The molecule has 2 aromatic carbocycles. The number of halogens is 3. The van der Waals surface area contributed by atoms with Crippen molar-refractivity contribution in [1.29, 1.82) is 0 Å². The van der Waals surface area contributed by atoms with Crippen LogP contribution in [0.2, 0.25) is 5.02 Å². The van der Waals surface area contributed by atoms with Gasteiger partial charge in [0.2, 0.25) is 0 Å². The fourth-order valence-electron chi connectivity index (χ4n) is 1.44. The Hall–Kier alpha value is -1.65. The molecule has 0 bridgehead atoms.